The number of aromatic nitrogens is 4. The Morgan fingerprint density at radius 2 is 2.38 bits per heavy atom. The molecule has 0 unspecified atom stereocenters. The van der Waals surface area contributed by atoms with Gasteiger partial charge in [0.25, 0.3) is 0 Å². The van der Waals surface area contributed by atoms with Gasteiger partial charge in [-0.1, -0.05) is 13.0 Å². The first-order chi connectivity index (χ1) is 7.81. The number of pyridine rings is 1. The minimum Gasteiger partial charge on any atom is -0.387 e. The molecular weight excluding hydrogens is 206 g/mol. The predicted molar refractivity (Wildman–Crippen MR) is 58.9 cm³/mol. The van der Waals surface area contributed by atoms with Crippen molar-refractivity contribution in [3.05, 3.63) is 23.9 Å². The van der Waals surface area contributed by atoms with E-state index in [9.17, 15) is 5.11 Å². The Kier molecular flexibility index (Phi) is 3.43. The standard InChI is InChI=1S/C10H15N5O/c1-2-5-11-6-9(16)8-3-4-10-12-13-14-15(10)7-8/h3-4,7,9,11,16H,2,5-6H2,1H3/t9-/m1/s1. The minimum absolute atomic E-state index is 0.528. The molecule has 0 saturated heterocycles. The highest BCUT2D eigenvalue weighted by Crippen LogP contribution is 2.11. The Labute approximate surface area is 93.3 Å². The highest BCUT2D eigenvalue weighted by molar-refractivity contribution is 5.36. The number of nitrogens with zero attached hydrogens (tertiary/aromatic N) is 4. The van der Waals surface area contributed by atoms with Gasteiger partial charge in [-0.25, -0.2) is 4.52 Å². The molecule has 2 rings (SSSR count). The van der Waals surface area contributed by atoms with Crippen LogP contribution in [0.15, 0.2) is 18.3 Å². The molecule has 0 saturated carbocycles. The van der Waals surface area contributed by atoms with Crippen LogP contribution in [0.2, 0.25) is 0 Å². The lowest BCUT2D eigenvalue weighted by Crippen LogP contribution is -2.22. The summed E-state index contributed by atoms with van der Waals surface area (Å²) in [6.07, 6.45) is 2.27. The van der Waals surface area contributed by atoms with E-state index in [4.69, 9.17) is 0 Å². The molecule has 0 bridgehead atoms. The van der Waals surface area contributed by atoms with Crippen LogP contribution in [0.4, 0.5) is 0 Å². The van der Waals surface area contributed by atoms with E-state index in [1.807, 2.05) is 6.07 Å². The number of nitrogens with one attached hydrogen (secondary N) is 1. The van der Waals surface area contributed by atoms with Gasteiger partial charge in [-0.2, -0.15) is 0 Å². The molecule has 6 heteroatoms. The van der Waals surface area contributed by atoms with Gasteiger partial charge in [0.15, 0.2) is 5.65 Å². The number of tetrazole rings is 1. The Morgan fingerprint density at radius 3 is 3.19 bits per heavy atom. The smallest absolute Gasteiger partial charge is 0.179 e. The van der Waals surface area contributed by atoms with E-state index in [2.05, 4.69) is 27.8 Å². The first kappa shape index (κ1) is 11.0. The van der Waals surface area contributed by atoms with Gasteiger partial charge >= 0.3 is 0 Å². The van der Waals surface area contributed by atoms with Crippen molar-refractivity contribution in [2.75, 3.05) is 13.1 Å². The van der Waals surface area contributed by atoms with Crippen molar-refractivity contribution < 1.29 is 5.11 Å². The Balaban J connectivity index is 2.07. The maximum atomic E-state index is 9.90. The molecular formula is C10H15N5O. The monoisotopic (exact) mass is 221 g/mol. The predicted octanol–water partition coefficient (Wildman–Crippen LogP) is 0.157. The van der Waals surface area contributed by atoms with Gasteiger partial charge < -0.3 is 10.4 Å². The molecule has 2 N–H and O–H groups in total. The molecule has 0 aliphatic heterocycles. The summed E-state index contributed by atoms with van der Waals surface area (Å²) in [5.74, 6) is 0. The van der Waals surface area contributed by atoms with Crippen molar-refractivity contribution in [3.63, 3.8) is 0 Å². The zero-order valence-corrected chi connectivity index (χ0v) is 9.17. The van der Waals surface area contributed by atoms with Crippen LogP contribution in [0.5, 0.6) is 0 Å². The summed E-state index contributed by atoms with van der Waals surface area (Å²) in [6, 6.07) is 3.63. The topological polar surface area (TPSA) is 75.3 Å². The quantitative estimate of drug-likeness (QED) is 0.703. The summed E-state index contributed by atoms with van der Waals surface area (Å²) in [5.41, 5.74) is 1.49. The number of aliphatic hydroxyl groups excluding tert-OH is 1. The summed E-state index contributed by atoms with van der Waals surface area (Å²) in [7, 11) is 0. The normalized spacial score (nSPS) is 13.1. The van der Waals surface area contributed by atoms with Crippen molar-refractivity contribution in [2.45, 2.75) is 19.4 Å². The first-order valence-corrected chi connectivity index (χ1v) is 5.37. The van der Waals surface area contributed by atoms with Crippen molar-refractivity contribution >= 4 is 5.65 Å². The molecule has 86 valence electrons. The van der Waals surface area contributed by atoms with E-state index in [-0.39, 0.29) is 0 Å². The van der Waals surface area contributed by atoms with E-state index in [0.29, 0.717) is 12.2 Å². The van der Waals surface area contributed by atoms with Crippen molar-refractivity contribution in [1.82, 2.24) is 25.4 Å². The van der Waals surface area contributed by atoms with Gasteiger partial charge in [0.05, 0.1) is 6.10 Å². The lowest BCUT2D eigenvalue weighted by atomic mass is 10.1. The lowest BCUT2D eigenvalue weighted by molar-refractivity contribution is 0.174. The third kappa shape index (κ3) is 2.34. The molecule has 2 aromatic rings. The van der Waals surface area contributed by atoms with Crippen LogP contribution in [0.25, 0.3) is 5.65 Å². The molecule has 0 aromatic carbocycles. The number of rotatable bonds is 5. The molecule has 2 heterocycles. The summed E-state index contributed by atoms with van der Waals surface area (Å²) >= 11 is 0. The van der Waals surface area contributed by atoms with Crippen molar-refractivity contribution in [1.29, 1.82) is 0 Å². The molecule has 16 heavy (non-hydrogen) atoms. The Hall–Kier alpha value is -1.53. The molecule has 0 amide bonds. The molecule has 0 radical (unpaired) electrons. The maximum Gasteiger partial charge on any atom is 0.179 e. The molecule has 1 atom stereocenters. The third-order valence-corrected chi connectivity index (χ3v) is 2.36. The molecule has 2 aromatic heterocycles. The van der Waals surface area contributed by atoms with Gasteiger partial charge in [0, 0.05) is 18.3 Å². The highest BCUT2D eigenvalue weighted by atomic mass is 16.3. The van der Waals surface area contributed by atoms with Crippen LogP contribution in [-0.2, 0) is 0 Å². The van der Waals surface area contributed by atoms with Crippen LogP contribution in [0, 0.1) is 0 Å². The summed E-state index contributed by atoms with van der Waals surface area (Å²) < 4.78 is 1.55. The summed E-state index contributed by atoms with van der Waals surface area (Å²) in [6.45, 7) is 3.54. The van der Waals surface area contributed by atoms with Gasteiger partial charge in [-0.3, -0.25) is 0 Å². The minimum atomic E-state index is -0.528. The van der Waals surface area contributed by atoms with E-state index in [1.54, 1.807) is 16.8 Å². The van der Waals surface area contributed by atoms with Crippen molar-refractivity contribution in [2.24, 2.45) is 0 Å². The fraction of sp³-hybridized carbons (Fsp3) is 0.500. The zero-order chi connectivity index (χ0) is 11.4. The Bertz CT molecular complexity index is 455. The zero-order valence-electron chi connectivity index (χ0n) is 9.17. The number of hydrogen-bond acceptors (Lipinski definition) is 5. The fourth-order valence-corrected chi connectivity index (χ4v) is 1.49. The van der Waals surface area contributed by atoms with E-state index >= 15 is 0 Å². The second-order valence-corrected chi connectivity index (χ2v) is 3.66. The van der Waals surface area contributed by atoms with E-state index < -0.39 is 6.10 Å². The molecule has 6 nitrogen and oxygen atoms in total. The molecule has 0 aliphatic rings. The molecule has 0 fully saturated rings. The molecule has 0 spiro atoms. The Morgan fingerprint density at radius 1 is 1.50 bits per heavy atom. The van der Waals surface area contributed by atoms with Crippen LogP contribution in [-0.4, -0.2) is 38.2 Å². The maximum absolute atomic E-state index is 9.90. The van der Waals surface area contributed by atoms with E-state index in [1.165, 1.54) is 0 Å². The second kappa shape index (κ2) is 5.00. The van der Waals surface area contributed by atoms with Gasteiger partial charge in [-0.15, -0.1) is 5.10 Å². The largest absolute Gasteiger partial charge is 0.387 e. The van der Waals surface area contributed by atoms with Crippen LogP contribution >= 0.6 is 0 Å². The van der Waals surface area contributed by atoms with Crippen LogP contribution in [0.3, 0.4) is 0 Å². The third-order valence-electron chi connectivity index (χ3n) is 2.36. The second-order valence-electron chi connectivity index (χ2n) is 3.66. The van der Waals surface area contributed by atoms with Gasteiger partial charge in [0.1, 0.15) is 0 Å². The van der Waals surface area contributed by atoms with Crippen LogP contribution < -0.4 is 5.32 Å². The highest BCUT2D eigenvalue weighted by Gasteiger charge is 2.08. The van der Waals surface area contributed by atoms with Gasteiger partial charge in [-0.05, 0) is 29.5 Å². The van der Waals surface area contributed by atoms with Crippen LogP contribution in [0.1, 0.15) is 25.0 Å². The average Bonchev–Trinajstić information content (AvgIpc) is 2.76. The summed E-state index contributed by atoms with van der Waals surface area (Å²) in [5, 5.41) is 24.2. The SMILES string of the molecule is CCCNC[C@@H](O)c1ccc2nnnn2c1. The van der Waals surface area contributed by atoms with Gasteiger partial charge in [0.2, 0.25) is 0 Å². The van der Waals surface area contributed by atoms with Crippen molar-refractivity contribution in [3.8, 4) is 0 Å². The number of hydrogen-bond donors (Lipinski definition) is 2. The first-order valence-electron chi connectivity index (χ1n) is 5.37. The summed E-state index contributed by atoms with van der Waals surface area (Å²) in [4.78, 5) is 0. The average molecular weight is 221 g/mol. The number of aliphatic hydroxyl groups is 1. The lowest BCUT2D eigenvalue weighted by Gasteiger charge is -2.11. The van der Waals surface area contributed by atoms with E-state index in [0.717, 1.165) is 18.5 Å². The fourth-order valence-electron chi connectivity index (χ4n) is 1.49. The molecule has 0 aliphatic carbocycles. The number of fused-ring (bicyclic) bond motifs is 1.